The molecule has 19 heavy (non-hydrogen) atoms. The van der Waals surface area contributed by atoms with Gasteiger partial charge < -0.3 is 15.1 Å². The van der Waals surface area contributed by atoms with Crippen LogP contribution in [0.2, 0.25) is 0 Å². The van der Waals surface area contributed by atoms with Crippen LogP contribution < -0.4 is 5.32 Å². The number of rotatable bonds is 7. The second-order valence-electron chi connectivity index (χ2n) is 4.32. The number of hydrogen-bond acceptors (Lipinski definition) is 3. The SMILES string of the molecule is CCCN(CC(=O)N(C)C)C(=O)CNCC(F)(F)F. The van der Waals surface area contributed by atoms with Crippen LogP contribution in [0.25, 0.3) is 0 Å². The molecule has 112 valence electrons. The third kappa shape index (κ3) is 8.41. The van der Waals surface area contributed by atoms with Crippen LogP contribution >= 0.6 is 0 Å². The molecule has 8 heteroatoms. The Labute approximate surface area is 110 Å². The molecular weight excluding hydrogens is 263 g/mol. The maximum absolute atomic E-state index is 11.9. The van der Waals surface area contributed by atoms with Crippen LogP contribution in [0, 0.1) is 0 Å². The number of amides is 2. The predicted molar refractivity (Wildman–Crippen MR) is 64.5 cm³/mol. The molecule has 0 heterocycles. The molecule has 0 saturated carbocycles. The summed E-state index contributed by atoms with van der Waals surface area (Å²) in [7, 11) is 3.11. The molecule has 0 aliphatic rings. The highest BCUT2D eigenvalue weighted by Gasteiger charge is 2.27. The van der Waals surface area contributed by atoms with Gasteiger partial charge >= 0.3 is 6.18 Å². The topological polar surface area (TPSA) is 52.7 Å². The first-order valence-corrected chi connectivity index (χ1v) is 5.92. The van der Waals surface area contributed by atoms with Crippen LogP contribution in [0.1, 0.15) is 13.3 Å². The fourth-order valence-corrected chi connectivity index (χ4v) is 1.29. The van der Waals surface area contributed by atoms with Crippen molar-refractivity contribution in [2.75, 3.05) is 40.3 Å². The summed E-state index contributed by atoms with van der Waals surface area (Å²) in [5.74, 6) is -0.779. The molecule has 0 aromatic heterocycles. The second-order valence-corrected chi connectivity index (χ2v) is 4.32. The highest BCUT2D eigenvalue weighted by molar-refractivity contribution is 5.85. The van der Waals surface area contributed by atoms with Crippen molar-refractivity contribution in [3.8, 4) is 0 Å². The Hall–Kier alpha value is -1.31. The number of alkyl halides is 3. The minimum atomic E-state index is -4.35. The van der Waals surface area contributed by atoms with Gasteiger partial charge in [-0.25, -0.2) is 0 Å². The van der Waals surface area contributed by atoms with Crippen molar-refractivity contribution >= 4 is 11.8 Å². The first-order valence-electron chi connectivity index (χ1n) is 5.92. The first-order chi connectivity index (χ1) is 8.67. The van der Waals surface area contributed by atoms with E-state index in [4.69, 9.17) is 0 Å². The Morgan fingerprint density at radius 1 is 1.16 bits per heavy atom. The van der Waals surface area contributed by atoms with Crippen LogP contribution in [0.15, 0.2) is 0 Å². The van der Waals surface area contributed by atoms with E-state index in [1.165, 1.54) is 9.80 Å². The summed E-state index contributed by atoms with van der Waals surface area (Å²) >= 11 is 0. The van der Waals surface area contributed by atoms with Crippen LogP contribution in [0.3, 0.4) is 0 Å². The van der Waals surface area contributed by atoms with Crippen molar-refractivity contribution in [2.24, 2.45) is 0 Å². The van der Waals surface area contributed by atoms with Crippen LogP contribution in [0.4, 0.5) is 13.2 Å². The highest BCUT2D eigenvalue weighted by atomic mass is 19.4. The van der Waals surface area contributed by atoms with E-state index in [1.54, 1.807) is 14.1 Å². The lowest BCUT2D eigenvalue weighted by atomic mass is 10.3. The zero-order chi connectivity index (χ0) is 15.1. The molecule has 0 aliphatic carbocycles. The predicted octanol–water partition coefficient (Wildman–Crippen LogP) is 0.465. The molecule has 0 aromatic rings. The normalized spacial score (nSPS) is 11.3. The van der Waals surface area contributed by atoms with Gasteiger partial charge in [-0.3, -0.25) is 9.59 Å². The van der Waals surface area contributed by atoms with E-state index >= 15 is 0 Å². The standard InChI is InChI=1S/C11H20F3N3O2/c1-4-5-17(7-10(19)16(2)3)9(18)6-15-8-11(12,13)14/h15H,4-8H2,1-3H3. The molecule has 0 rings (SSSR count). The van der Waals surface area contributed by atoms with Gasteiger partial charge in [0, 0.05) is 20.6 Å². The lowest BCUT2D eigenvalue weighted by molar-refractivity contribution is -0.140. The van der Waals surface area contributed by atoms with E-state index < -0.39 is 25.2 Å². The molecular formula is C11H20F3N3O2. The lowest BCUT2D eigenvalue weighted by Gasteiger charge is -2.23. The van der Waals surface area contributed by atoms with Gasteiger partial charge in [-0.1, -0.05) is 6.92 Å². The maximum atomic E-state index is 11.9. The average Bonchev–Trinajstić information content (AvgIpc) is 2.26. The molecule has 0 bridgehead atoms. The molecule has 0 saturated heterocycles. The van der Waals surface area contributed by atoms with Crippen molar-refractivity contribution in [3.05, 3.63) is 0 Å². The minimum Gasteiger partial charge on any atom is -0.347 e. The highest BCUT2D eigenvalue weighted by Crippen LogP contribution is 2.11. The molecule has 0 fully saturated rings. The summed E-state index contributed by atoms with van der Waals surface area (Å²) in [6.45, 7) is 0.392. The van der Waals surface area contributed by atoms with Gasteiger partial charge in [0.1, 0.15) is 0 Å². The molecule has 0 spiro atoms. The van der Waals surface area contributed by atoms with Gasteiger partial charge in [0.25, 0.3) is 0 Å². The smallest absolute Gasteiger partial charge is 0.347 e. The summed E-state index contributed by atoms with van der Waals surface area (Å²) in [6, 6.07) is 0. The van der Waals surface area contributed by atoms with E-state index in [0.717, 1.165) is 0 Å². The summed E-state index contributed by atoms with van der Waals surface area (Å²) in [6.07, 6.45) is -3.72. The fraction of sp³-hybridized carbons (Fsp3) is 0.818. The van der Waals surface area contributed by atoms with Crippen LogP contribution in [-0.4, -0.2) is 68.1 Å². The van der Waals surface area contributed by atoms with Gasteiger partial charge in [-0.05, 0) is 6.42 Å². The molecule has 2 amide bonds. The Bertz CT molecular complexity index is 306. The summed E-state index contributed by atoms with van der Waals surface area (Å²) in [4.78, 5) is 25.8. The summed E-state index contributed by atoms with van der Waals surface area (Å²) in [5, 5.41) is 2.03. The molecule has 0 radical (unpaired) electrons. The quantitative estimate of drug-likeness (QED) is 0.739. The van der Waals surface area contributed by atoms with Gasteiger partial charge in [-0.15, -0.1) is 0 Å². The zero-order valence-corrected chi connectivity index (χ0v) is 11.4. The summed E-state index contributed by atoms with van der Waals surface area (Å²) < 4.78 is 35.8. The van der Waals surface area contributed by atoms with E-state index in [9.17, 15) is 22.8 Å². The van der Waals surface area contributed by atoms with Gasteiger partial charge in [0.15, 0.2) is 0 Å². The number of halogens is 3. The third-order valence-corrected chi connectivity index (χ3v) is 2.27. The van der Waals surface area contributed by atoms with E-state index in [2.05, 4.69) is 0 Å². The minimum absolute atomic E-state index is 0.118. The van der Waals surface area contributed by atoms with Gasteiger partial charge in [-0.2, -0.15) is 13.2 Å². The summed E-state index contributed by atoms with van der Waals surface area (Å²) in [5.41, 5.74) is 0. The lowest BCUT2D eigenvalue weighted by Crippen LogP contribution is -2.45. The average molecular weight is 283 g/mol. The molecule has 0 aromatic carbocycles. The monoisotopic (exact) mass is 283 g/mol. The first kappa shape index (κ1) is 17.7. The number of carbonyl (C=O) groups excluding carboxylic acids is 2. The number of carbonyl (C=O) groups is 2. The Morgan fingerprint density at radius 2 is 1.74 bits per heavy atom. The molecule has 0 unspecified atom stereocenters. The Morgan fingerprint density at radius 3 is 2.16 bits per heavy atom. The molecule has 0 aliphatic heterocycles. The van der Waals surface area contributed by atoms with Gasteiger partial charge in [0.05, 0.1) is 19.6 Å². The molecule has 5 nitrogen and oxygen atoms in total. The van der Waals surface area contributed by atoms with E-state index in [1.807, 2.05) is 12.2 Å². The largest absolute Gasteiger partial charge is 0.401 e. The van der Waals surface area contributed by atoms with Gasteiger partial charge in [0.2, 0.25) is 11.8 Å². The van der Waals surface area contributed by atoms with Crippen molar-refractivity contribution in [1.82, 2.24) is 15.1 Å². The third-order valence-electron chi connectivity index (χ3n) is 2.27. The van der Waals surface area contributed by atoms with Crippen molar-refractivity contribution < 1.29 is 22.8 Å². The number of nitrogens with one attached hydrogen (secondary N) is 1. The number of nitrogens with zero attached hydrogens (tertiary/aromatic N) is 2. The van der Waals surface area contributed by atoms with Crippen molar-refractivity contribution in [2.45, 2.75) is 19.5 Å². The van der Waals surface area contributed by atoms with Crippen LogP contribution in [-0.2, 0) is 9.59 Å². The number of hydrogen-bond donors (Lipinski definition) is 1. The van der Waals surface area contributed by atoms with E-state index in [0.29, 0.717) is 13.0 Å². The Balaban J connectivity index is 4.29. The fourth-order valence-electron chi connectivity index (χ4n) is 1.29. The zero-order valence-electron chi connectivity index (χ0n) is 11.4. The second kappa shape index (κ2) is 7.98. The van der Waals surface area contributed by atoms with Crippen molar-refractivity contribution in [1.29, 1.82) is 0 Å². The van der Waals surface area contributed by atoms with E-state index in [-0.39, 0.29) is 12.5 Å². The Kier molecular flexibility index (Phi) is 7.43. The van der Waals surface area contributed by atoms with Crippen molar-refractivity contribution in [3.63, 3.8) is 0 Å². The molecule has 1 N–H and O–H groups in total. The molecule has 0 atom stereocenters. The van der Waals surface area contributed by atoms with Crippen LogP contribution in [0.5, 0.6) is 0 Å². The number of likely N-dealkylation sites (N-methyl/N-ethyl adjacent to an activating group) is 1. The maximum Gasteiger partial charge on any atom is 0.401 e.